The number of rotatable bonds is 6. The standard InChI is InChI=1S/C17H16N2O4S/c1-22-15-3-5-16(6-4-15)24(20,21)19-11-13-2-7-17(18-10-13)14-8-9-23-12-14/h2-10,12,19H,11H2,1H3. The molecule has 3 aromatic rings. The van der Waals surface area contributed by atoms with Gasteiger partial charge < -0.3 is 9.15 Å². The van der Waals surface area contributed by atoms with Crippen LogP contribution in [0.1, 0.15) is 5.56 Å². The molecule has 0 aliphatic carbocycles. The van der Waals surface area contributed by atoms with E-state index in [0.29, 0.717) is 5.75 Å². The van der Waals surface area contributed by atoms with E-state index in [2.05, 4.69) is 9.71 Å². The maximum Gasteiger partial charge on any atom is 0.240 e. The second kappa shape index (κ2) is 6.86. The Labute approximate surface area is 140 Å². The van der Waals surface area contributed by atoms with Crippen LogP contribution >= 0.6 is 0 Å². The molecule has 6 nitrogen and oxygen atoms in total. The van der Waals surface area contributed by atoms with E-state index in [0.717, 1.165) is 16.8 Å². The predicted octanol–water partition coefficient (Wildman–Crippen LogP) is 2.83. The Kier molecular flexibility index (Phi) is 4.64. The number of hydrogen-bond donors (Lipinski definition) is 1. The zero-order valence-electron chi connectivity index (χ0n) is 13.0. The van der Waals surface area contributed by atoms with Gasteiger partial charge in [-0.3, -0.25) is 4.98 Å². The second-order valence-corrected chi connectivity index (χ2v) is 6.83. The van der Waals surface area contributed by atoms with E-state index in [9.17, 15) is 8.42 Å². The van der Waals surface area contributed by atoms with Gasteiger partial charge in [0.1, 0.15) is 5.75 Å². The van der Waals surface area contributed by atoms with Gasteiger partial charge >= 0.3 is 0 Å². The van der Waals surface area contributed by atoms with Crippen molar-refractivity contribution in [2.24, 2.45) is 0 Å². The van der Waals surface area contributed by atoms with Crippen LogP contribution in [-0.2, 0) is 16.6 Å². The minimum absolute atomic E-state index is 0.160. The van der Waals surface area contributed by atoms with Gasteiger partial charge in [0.2, 0.25) is 10.0 Å². The van der Waals surface area contributed by atoms with E-state index in [1.54, 1.807) is 30.9 Å². The Bertz CT molecular complexity index is 887. The van der Waals surface area contributed by atoms with Crippen LogP contribution < -0.4 is 9.46 Å². The molecule has 7 heteroatoms. The number of hydrogen-bond acceptors (Lipinski definition) is 5. The first-order valence-corrected chi connectivity index (χ1v) is 8.68. The molecule has 0 bridgehead atoms. The van der Waals surface area contributed by atoms with Crippen molar-refractivity contribution in [3.8, 4) is 17.0 Å². The first-order valence-electron chi connectivity index (χ1n) is 7.20. The van der Waals surface area contributed by atoms with Crippen LogP contribution in [0.15, 0.2) is 70.5 Å². The van der Waals surface area contributed by atoms with Gasteiger partial charge in [0.15, 0.2) is 0 Å². The molecule has 0 aliphatic heterocycles. The number of aromatic nitrogens is 1. The Morgan fingerprint density at radius 1 is 1.12 bits per heavy atom. The normalized spacial score (nSPS) is 11.4. The highest BCUT2D eigenvalue weighted by Gasteiger charge is 2.13. The fourth-order valence-corrected chi connectivity index (χ4v) is 3.14. The quantitative estimate of drug-likeness (QED) is 0.743. The van der Waals surface area contributed by atoms with Crippen molar-refractivity contribution in [2.75, 3.05) is 7.11 Å². The molecule has 2 aromatic heterocycles. The number of nitrogens with zero attached hydrogens (tertiary/aromatic N) is 1. The number of ether oxygens (including phenoxy) is 1. The number of nitrogens with one attached hydrogen (secondary N) is 1. The highest BCUT2D eigenvalue weighted by molar-refractivity contribution is 7.89. The average Bonchev–Trinajstić information content (AvgIpc) is 3.15. The van der Waals surface area contributed by atoms with Crippen molar-refractivity contribution in [1.82, 2.24) is 9.71 Å². The van der Waals surface area contributed by atoms with Gasteiger partial charge in [0, 0.05) is 18.3 Å². The van der Waals surface area contributed by atoms with Gasteiger partial charge in [0.05, 0.1) is 30.2 Å². The minimum atomic E-state index is -3.59. The molecule has 124 valence electrons. The molecule has 0 aliphatic rings. The molecular formula is C17H16N2O4S. The monoisotopic (exact) mass is 344 g/mol. The highest BCUT2D eigenvalue weighted by atomic mass is 32.2. The van der Waals surface area contributed by atoms with Crippen molar-refractivity contribution in [1.29, 1.82) is 0 Å². The Morgan fingerprint density at radius 2 is 1.92 bits per heavy atom. The predicted molar refractivity (Wildman–Crippen MR) is 89.0 cm³/mol. The number of sulfonamides is 1. The van der Waals surface area contributed by atoms with Crippen LogP contribution in [0.5, 0.6) is 5.75 Å². The van der Waals surface area contributed by atoms with E-state index in [-0.39, 0.29) is 11.4 Å². The smallest absolute Gasteiger partial charge is 0.240 e. The fraction of sp³-hybridized carbons (Fsp3) is 0.118. The molecule has 1 N–H and O–H groups in total. The highest BCUT2D eigenvalue weighted by Crippen LogP contribution is 2.18. The van der Waals surface area contributed by atoms with Crippen molar-refractivity contribution in [3.05, 3.63) is 66.8 Å². The maximum absolute atomic E-state index is 12.3. The molecule has 0 unspecified atom stereocenters. The third kappa shape index (κ3) is 3.64. The van der Waals surface area contributed by atoms with Gasteiger partial charge in [-0.2, -0.15) is 0 Å². The lowest BCUT2D eigenvalue weighted by atomic mass is 10.2. The third-order valence-corrected chi connectivity index (χ3v) is 4.89. The summed E-state index contributed by atoms with van der Waals surface area (Å²) in [7, 11) is -2.06. The van der Waals surface area contributed by atoms with Crippen LogP contribution in [0.2, 0.25) is 0 Å². The Hall–Kier alpha value is -2.64. The third-order valence-electron chi connectivity index (χ3n) is 3.48. The summed E-state index contributed by atoms with van der Waals surface area (Å²) in [6, 6.07) is 11.7. The second-order valence-electron chi connectivity index (χ2n) is 5.06. The van der Waals surface area contributed by atoms with Crippen LogP contribution in [0.25, 0.3) is 11.3 Å². The van der Waals surface area contributed by atoms with Crippen molar-refractivity contribution >= 4 is 10.0 Å². The summed E-state index contributed by atoms with van der Waals surface area (Å²) in [5, 5.41) is 0. The first kappa shape index (κ1) is 16.2. The summed E-state index contributed by atoms with van der Waals surface area (Å²) >= 11 is 0. The van der Waals surface area contributed by atoms with Gasteiger partial charge in [0.25, 0.3) is 0 Å². The van der Waals surface area contributed by atoms with E-state index >= 15 is 0 Å². The largest absolute Gasteiger partial charge is 0.497 e. The summed E-state index contributed by atoms with van der Waals surface area (Å²) < 4.78 is 37.1. The summed E-state index contributed by atoms with van der Waals surface area (Å²) in [5.41, 5.74) is 2.41. The molecule has 0 spiro atoms. The topological polar surface area (TPSA) is 81.4 Å². The van der Waals surface area contributed by atoms with Crippen molar-refractivity contribution in [2.45, 2.75) is 11.4 Å². The first-order chi connectivity index (χ1) is 11.6. The number of methoxy groups -OCH3 is 1. The van der Waals surface area contributed by atoms with Gasteiger partial charge in [-0.15, -0.1) is 0 Å². The SMILES string of the molecule is COc1ccc(S(=O)(=O)NCc2ccc(-c3ccoc3)nc2)cc1. The lowest BCUT2D eigenvalue weighted by Crippen LogP contribution is -2.23. The molecule has 1 aromatic carbocycles. The number of pyridine rings is 1. The van der Waals surface area contributed by atoms with Gasteiger partial charge in [-0.1, -0.05) is 6.07 Å². The van der Waals surface area contributed by atoms with Crippen LogP contribution in [0.3, 0.4) is 0 Å². The van der Waals surface area contributed by atoms with Gasteiger partial charge in [-0.25, -0.2) is 13.1 Å². The molecule has 0 fully saturated rings. The molecule has 24 heavy (non-hydrogen) atoms. The molecule has 0 radical (unpaired) electrons. The summed E-state index contributed by atoms with van der Waals surface area (Å²) in [6.07, 6.45) is 4.82. The van der Waals surface area contributed by atoms with E-state index in [1.165, 1.54) is 19.2 Å². The molecule has 2 heterocycles. The van der Waals surface area contributed by atoms with Crippen LogP contribution in [0, 0.1) is 0 Å². The van der Waals surface area contributed by atoms with Gasteiger partial charge in [-0.05, 0) is 42.0 Å². The molecule has 0 atom stereocenters. The van der Waals surface area contributed by atoms with E-state index in [4.69, 9.17) is 9.15 Å². The average molecular weight is 344 g/mol. The zero-order chi connectivity index (χ0) is 17.0. The summed E-state index contributed by atoms with van der Waals surface area (Å²) in [6.45, 7) is 0.160. The Balaban J connectivity index is 1.67. The summed E-state index contributed by atoms with van der Waals surface area (Å²) in [4.78, 5) is 4.49. The van der Waals surface area contributed by atoms with Crippen LogP contribution in [0.4, 0.5) is 0 Å². The molecule has 0 saturated carbocycles. The lowest BCUT2D eigenvalue weighted by molar-refractivity contribution is 0.414. The Morgan fingerprint density at radius 3 is 2.50 bits per heavy atom. The van der Waals surface area contributed by atoms with Crippen molar-refractivity contribution in [3.63, 3.8) is 0 Å². The van der Waals surface area contributed by atoms with E-state index < -0.39 is 10.0 Å². The fourth-order valence-electron chi connectivity index (χ4n) is 2.13. The maximum atomic E-state index is 12.3. The summed E-state index contributed by atoms with van der Waals surface area (Å²) in [5.74, 6) is 0.605. The molecular weight excluding hydrogens is 328 g/mol. The molecule has 0 amide bonds. The zero-order valence-corrected chi connectivity index (χ0v) is 13.8. The molecule has 3 rings (SSSR count). The van der Waals surface area contributed by atoms with Crippen molar-refractivity contribution < 1.29 is 17.6 Å². The minimum Gasteiger partial charge on any atom is -0.497 e. The van der Waals surface area contributed by atoms with Crippen LogP contribution in [-0.4, -0.2) is 20.5 Å². The number of benzene rings is 1. The van der Waals surface area contributed by atoms with E-state index in [1.807, 2.05) is 18.2 Å². The number of furan rings is 1. The molecule has 0 saturated heterocycles. The lowest BCUT2D eigenvalue weighted by Gasteiger charge is -2.08.